The van der Waals surface area contributed by atoms with Crippen LogP contribution in [-0.2, 0) is 10.5 Å². The lowest BCUT2D eigenvalue weighted by atomic mass is 10.2. The number of thioether (sulfide) groups is 1. The third-order valence-electron chi connectivity index (χ3n) is 5.68. The Balaban J connectivity index is 1.31. The molecule has 1 aromatic carbocycles. The number of para-hydroxylation sites is 1. The second-order valence-corrected chi connectivity index (χ2v) is 9.82. The molecular weight excluding hydrogens is 482 g/mol. The van der Waals surface area contributed by atoms with Crippen LogP contribution in [-0.4, -0.2) is 72.5 Å². The summed E-state index contributed by atoms with van der Waals surface area (Å²) in [4.78, 5) is 36.7. The van der Waals surface area contributed by atoms with Gasteiger partial charge in [0, 0.05) is 62.1 Å². The molecule has 0 N–H and O–H groups in total. The predicted octanol–water partition coefficient (Wildman–Crippen LogP) is 3.38. The molecular formula is C24H23N7O2S2. The van der Waals surface area contributed by atoms with Gasteiger partial charge in [0.05, 0.1) is 5.75 Å². The molecule has 9 nitrogen and oxygen atoms in total. The Bertz CT molecular complexity index is 1320. The van der Waals surface area contributed by atoms with E-state index in [1.54, 1.807) is 34.5 Å². The van der Waals surface area contributed by atoms with Gasteiger partial charge in [-0.2, -0.15) is 0 Å². The highest BCUT2D eigenvalue weighted by atomic mass is 32.2. The quantitative estimate of drug-likeness (QED) is 0.371. The molecule has 0 bridgehead atoms. The molecule has 4 aromatic rings. The second-order valence-electron chi connectivity index (χ2n) is 7.93. The van der Waals surface area contributed by atoms with Crippen LogP contribution in [0.4, 0.5) is 0 Å². The van der Waals surface area contributed by atoms with E-state index in [9.17, 15) is 9.59 Å². The van der Waals surface area contributed by atoms with E-state index in [0.717, 1.165) is 21.4 Å². The third-order valence-corrected chi connectivity index (χ3v) is 7.65. The lowest BCUT2D eigenvalue weighted by molar-refractivity contribution is -0.130. The topological polar surface area (TPSA) is 97.1 Å². The van der Waals surface area contributed by atoms with Crippen LogP contribution < -0.4 is 0 Å². The molecule has 35 heavy (non-hydrogen) atoms. The van der Waals surface area contributed by atoms with Crippen molar-refractivity contribution in [2.24, 2.45) is 0 Å². The first-order valence-electron chi connectivity index (χ1n) is 11.1. The van der Waals surface area contributed by atoms with Crippen molar-refractivity contribution in [2.45, 2.75) is 17.8 Å². The third kappa shape index (κ3) is 5.10. The highest BCUT2D eigenvalue weighted by molar-refractivity contribution is 7.98. The van der Waals surface area contributed by atoms with Crippen molar-refractivity contribution in [2.75, 3.05) is 26.2 Å². The maximum atomic E-state index is 12.9. The number of pyridine rings is 1. The summed E-state index contributed by atoms with van der Waals surface area (Å²) < 4.78 is 2.01. The van der Waals surface area contributed by atoms with Gasteiger partial charge >= 0.3 is 0 Å². The Kier molecular flexibility index (Phi) is 6.87. The molecule has 1 fully saturated rings. The van der Waals surface area contributed by atoms with Crippen LogP contribution in [0.1, 0.15) is 22.4 Å². The number of carbonyl (C=O) groups is 2. The first-order valence-corrected chi connectivity index (χ1v) is 13.0. The van der Waals surface area contributed by atoms with Crippen molar-refractivity contribution in [1.82, 2.24) is 34.5 Å². The fraction of sp³-hybridized carbons (Fsp3) is 0.250. The van der Waals surface area contributed by atoms with E-state index in [2.05, 4.69) is 20.2 Å². The lowest BCUT2D eigenvalue weighted by Crippen LogP contribution is -2.50. The number of thiazole rings is 1. The van der Waals surface area contributed by atoms with Gasteiger partial charge in [0.15, 0.2) is 11.0 Å². The Morgan fingerprint density at radius 2 is 1.77 bits per heavy atom. The SMILES string of the molecule is CC(=O)N1CCN(C(=O)c2csc(CSc3nnc(-c4cccnc4)n3-c3ccccc3)n2)CC1. The molecule has 0 saturated carbocycles. The molecule has 0 aliphatic carbocycles. The summed E-state index contributed by atoms with van der Waals surface area (Å²) in [5, 5.41) is 12.3. The minimum absolute atomic E-state index is 0.0418. The number of carbonyl (C=O) groups excluding carboxylic acids is 2. The van der Waals surface area contributed by atoms with Gasteiger partial charge in [0.2, 0.25) is 5.91 Å². The highest BCUT2D eigenvalue weighted by Crippen LogP contribution is 2.30. The average Bonchev–Trinajstić information content (AvgIpc) is 3.55. The van der Waals surface area contributed by atoms with Gasteiger partial charge in [0.25, 0.3) is 5.91 Å². The number of nitrogens with zero attached hydrogens (tertiary/aromatic N) is 7. The summed E-state index contributed by atoms with van der Waals surface area (Å²) in [6, 6.07) is 13.8. The summed E-state index contributed by atoms with van der Waals surface area (Å²) >= 11 is 2.98. The summed E-state index contributed by atoms with van der Waals surface area (Å²) in [7, 11) is 0. The van der Waals surface area contributed by atoms with Crippen LogP contribution in [0.15, 0.2) is 65.4 Å². The van der Waals surface area contributed by atoms with E-state index in [4.69, 9.17) is 0 Å². The zero-order valence-corrected chi connectivity index (χ0v) is 20.7. The molecule has 1 aliphatic heterocycles. The molecule has 4 heterocycles. The number of rotatable bonds is 6. The number of benzene rings is 1. The zero-order valence-electron chi connectivity index (χ0n) is 19.1. The molecule has 2 amide bonds. The van der Waals surface area contributed by atoms with Crippen LogP contribution in [0, 0.1) is 0 Å². The molecule has 0 atom stereocenters. The first-order chi connectivity index (χ1) is 17.1. The molecule has 1 saturated heterocycles. The van der Waals surface area contributed by atoms with Crippen molar-refractivity contribution in [1.29, 1.82) is 0 Å². The molecule has 0 spiro atoms. The highest BCUT2D eigenvalue weighted by Gasteiger charge is 2.25. The van der Waals surface area contributed by atoms with Gasteiger partial charge in [-0.3, -0.25) is 19.1 Å². The summed E-state index contributed by atoms with van der Waals surface area (Å²) in [6.07, 6.45) is 3.50. The molecule has 178 valence electrons. The van der Waals surface area contributed by atoms with Crippen LogP contribution >= 0.6 is 23.1 Å². The molecule has 0 radical (unpaired) electrons. The minimum Gasteiger partial charge on any atom is -0.339 e. The molecule has 3 aromatic heterocycles. The fourth-order valence-corrected chi connectivity index (χ4v) is 5.58. The van der Waals surface area contributed by atoms with Gasteiger partial charge < -0.3 is 9.80 Å². The Morgan fingerprint density at radius 3 is 2.49 bits per heavy atom. The number of amides is 2. The van der Waals surface area contributed by atoms with E-state index in [-0.39, 0.29) is 11.8 Å². The lowest BCUT2D eigenvalue weighted by Gasteiger charge is -2.33. The van der Waals surface area contributed by atoms with E-state index in [1.807, 2.05) is 47.0 Å². The van der Waals surface area contributed by atoms with E-state index < -0.39 is 0 Å². The van der Waals surface area contributed by atoms with E-state index >= 15 is 0 Å². The maximum Gasteiger partial charge on any atom is 0.273 e. The number of hydrogen-bond donors (Lipinski definition) is 0. The monoisotopic (exact) mass is 505 g/mol. The Labute approximate surface area is 210 Å². The van der Waals surface area contributed by atoms with Crippen molar-refractivity contribution in [3.8, 4) is 17.1 Å². The Morgan fingerprint density at radius 1 is 1.00 bits per heavy atom. The minimum atomic E-state index is -0.0907. The van der Waals surface area contributed by atoms with E-state index in [0.29, 0.717) is 43.5 Å². The first kappa shape index (κ1) is 23.2. The average molecular weight is 506 g/mol. The largest absolute Gasteiger partial charge is 0.339 e. The van der Waals surface area contributed by atoms with Crippen LogP contribution in [0.25, 0.3) is 17.1 Å². The van der Waals surface area contributed by atoms with Gasteiger partial charge in [-0.1, -0.05) is 30.0 Å². The normalized spacial score (nSPS) is 13.7. The van der Waals surface area contributed by atoms with Crippen LogP contribution in [0.5, 0.6) is 0 Å². The summed E-state index contributed by atoms with van der Waals surface area (Å²) in [5.41, 5.74) is 2.28. The molecule has 0 unspecified atom stereocenters. The number of hydrogen-bond acceptors (Lipinski definition) is 8. The van der Waals surface area contributed by atoms with Gasteiger partial charge in [0.1, 0.15) is 10.7 Å². The second kappa shape index (κ2) is 10.4. The summed E-state index contributed by atoms with van der Waals surface area (Å²) in [5.74, 6) is 1.23. The van der Waals surface area contributed by atoms with E-state index in [1.165, 1.54) is 23.1 Å². The van der Waals surface area contributed by atoms with Crippen molar-refractivity contribution in [3.05, 3.63) is 70.9 Å². The standard InChI is InChI=1S/C24H23N7O2S2/c1-17(32)29-10-12-30(13-11-29)23(33)20-15-34-21(26-20)16-35-24-28-27-22(18-6-5-9-25-14-18)31(24)19-7-3-2-4-8-19/h2-9,14-15H,10-13,16H2,1H3. The van der Waals surface area contributed by atoms with Crippen molar-refractivity contribution in [3.63, 3.8) is 0 Å². The maximum absolute atomic E-state index is 12.9. The number of aromatic nitrogens is 5. The van der Waals surface area contributed by atoms with Crippen LogP contribution in [0.3, 0.4) is 0 Å². The van der Waals surface area contributed by atoms with Crippen molar-refractivity contribution >= 4 is 34.9 Å². The van der Waals surface area contributed by atoms with Gasteiger partial charge in [-0.25, -0.2) is 4.98 Å². The Hall–Kier alpha value is -3.57. The molecule has 11 heteroatoms. The van der Waals surface area contributed by atoms with Gasteiger partial charge in [-0.05, 0) is 24.3 Å². The molecule has 5 rings (SSSR count). The van der Waals surface area contributed by atoms with Gasteiger partial charge in [-0.15, -0.1) is 21.5 Å². The number of piperazine rings is 1. The zero-order chi connectivity index (χ0) is 24.2. The smallest absolute Gasteiger partial charge is 0.273 e. The van der Waals surface area contributed by atoms with Crippen LogP contribution in [0.2, 0.25) is 0 Å². The van der Waals surface area contributed by atoms with Crippen molar-refractivity contribution < 1.29 is 9.59 Å². The predicted molar refractivity (Wildman–Crippen MR) is 134 cm³/mol. The fourth-order valence-electron chi connectivity index (χ4n) is 3.84. The summed E-state index contributed by atoms with van der Waals surface area (Å²) in [6.45, 7) is 3.72. The molecule has 1 aliphatic rings.